The van der Waals surface area contributed by atoms with E-state index in [1.807, 2.05) is 4.83 Å². The number of ether oxygens (including phenoxy) is 4. The number of sulfonamides is 1. The highest BCUT2D eigenvalue weighted by Crippen LogP contribution is 2.28. The Morgan fingerprint density at radius 3 is 1.93 bits per heavy atom. The van der Waals surface area contributed by atoms with Crippen LogP contribution in [0.25, 0.3) is 0 Å². The molecule has 0 bridgehead atoms. The molecule has 2 aromatic rings. The summed E-state index contributed by atoms with van der Waals surface area (Å²) in [4.78, 5) is 14.2. The quantitative estimate of drug-likeness (QED) is 0.648. The van der Waals surface area contributed by atoms with Crippen LogP contribution in [0.2, 0.25) is 0 Å². The summed E-state index contributed by atoms with van der Waals surface area (Å²) in [6, 6.07) is 8.75. The molecule has 1 amide bonds. The van der Waals surface area contributed by atoms with Crippen molar-refractivity contribution in [1.29, 1.82) is 0 Å². The van der Waals surface area contributed by atoms with E-state index in [-0.39, 0.29) is 16.2 Å². The van der Waals surface area contributed by atoms with Gasteiger partial charge in [0.25, 0.3) is 15.9 Å². The van der Waals surface area contributed by atoms with Crippen LogP contribution in [-0.2, 0) is 10.0 Å². The topological polar surface area (TPSA) is 112 Å². The lowest BCUT2D eigenvalue weighted by molar-refractivity contribution is 0.0944. The Kier molecular flexibility index (Phi) is 6.48. The summed E-state index contributed by atoms with van der Waals surface area (Å²) >= 11 is 0. The molecule has 0 aliphatic carbocycles. The molecule has 0 fully saturated rings. The molecular formula is C17H20N2O7S. The van der Waals surface area contributed by atoms with Crippen molar-refractivity contribution < 1.29 is 32.2 Å². The summed E-state index contributed by atoms with van der Waals surface area (Å²) in [5, 5.41) is 0. The molecule has 0 atom stereocenters. The number of hydrogen-bond donors (Lipinski definition) is 2. The van der Waals surface area contributed by atoms with E-state index in [2.05, 4.69) is 5.43 Å². The average Bonchev–Trinajstić information content (AvgIpc) is 2.70. The second-order valence-corrected chi connectivity index (χ2v) is 6.83. The minimum Gasteiger partial charge on any atom is -0.497 e. The van der Waals surface area contributed by atoms with Gasteiger partial charge in [-0.05, 0) is 24.3 Å². The van der Waals surface area contributed by atoms with Crippen molar-refractivity contribution >= 4 is 15.9 Å². The summed E-state index contributed by atoms with van der Waals surface area (Å²) in [7, 11) is 1.50. The largest absolute Gasteiger partial charge is 0.497 e. The van der Waals surface area contributed by atoms with Gasteiger partial charge in [-0.2, -0.15) is 0 Å². The molecule has 0 aliphatic rings. The minimum atomic E-state index is -4.12. The van der Waals surface area contributed by atoms with Gasteiger partial charge in [-0.3, -0.25) is 10.2 Å². The van der Waals surface area contributed by atoms with Crippen LogP contribution in [0.15, 0.2) is 41.3 Å². The Balaban J connectivity index is 2.24. The smallest absolute Gasteiger partial charge is 0.266 e. The van der Waals surface area contributed by atoms with E-state index in [1.165, 1.54) is 52.7 Å². The number of carbonyl (C=O) groups excluding carboxylic acids is 1. The zero-order chi connectivity index (χ0) is 20.0. The zero-order valence-electron chi connectivity index (χ0n) is 15.2. The highest BCUT2D eigenvalue weighted by atomic mass is 32.2. The van der Waals surface area contributed by atoms with Crippen LogP contribution in [0.5, 0.6) is 23.0 Å². The minimum absolute atomic E-state index is 0.0978. The van der Waals surface area contributed by atoms with Crippen molar-refractivity contribution in [3.63, 3.8) is 0 Å². The highest BCUT2D eigenvalue weighted by molar-refractivity contribution is 7.89. The maximum atomic E-state index is 12.6. The molecule has 2 rings (SSSR count). The summed E-state index contributed by atoms with van der Waals surface area (Å²) in [5.74, 6) is 0.493. The maximum absolute atomic E-state index is 12.6. The monoisotopic (exact) mass is 396 g/mol. The third-order valence-electron chi connectivity index (χ3n) is 3.57. The Hall–Kier alpha value is -2.98. The number of hydrogen-bond acceptors (Lipinski definition) is 7. The van der Waals surface area contributed by atoms with Crippen LogP contribution in [0, 0.1) is 0 Å². The number of hydrazine groups is 1. The number of nitrogens with one attached hydrogen (secondary N) is 2. The molecule has 27 heavy (non-hydrogen) atoms. The molecule has 0 heterocycles. The van der Waals surface area contributed by atoms with Gasteiger partial charge in [0.05, 0.1) is 28.4 Å². The molecule has 2 aromatic carbocycles. The maximum Gasteiger partial charge on any atom is 0.266 e. The molecule has 146 valence electrons. The molecule has 0 radical (unpaired) electrons. The van der Waals surface area contributed by atoms with Crippen molar-refractivity contribution in [2.24, 2.45) is 0 Å². The van der Waals surface area contributed by atoms with Crippen molar-refractivity contribution in [2.75, 3.05) is 28.4 Å². The fourth-order valence-corrected chi connectivity index (χ4v) is 3.20. The molecule has 0 saturated carbocycles. The summed E-state index contributed by atoms with van der Waals surface area (Å²) in [6.07, 6.45) is 0. The molecular weight excluding hydrogens is 376 g/mol. The number of amides is 1. The third kappa shape index (κ3) is 4.80. The normalized spacial score (nSPS) is 10.8. The summed E-state index contributed by atoms with van der Waals surface area (Å²) in [6.45, 7) is 0. The molecule has 0 spiro atoms. The molecule has 0 aromatic heterocycles. The Morgan fingerprint density at radius 1 is 0.815 bits per heavy atom. The molecule has 10 heteroatoms. The van der Waals surface area contributed by atoms with E-state index < -0.39 is 15.9 Å². The van der Waals surface area contributed by atoms with Crippen LogP contribution in [-0.4, -0.2) is 42.8 Å². The molecule has 2 N–H and O–H groups in total. The van der Waals surface area contributed by atoms with E-state index >= 15 is 0 Å². The Bertz CT molecular complexity index is 907. The summed E-state index contributed by atoms with van der Waals surface area (Å²) in [5.41, 5.74) is 2.29. The fourth-order valence-electron chi connectivity index (χ4n) is 2.17. The first-order valence-corrected chi connectivity index (χ1v) is 9.10. The molecule has 0 saturated heterocycles. The Labute approximate surface area is 157 Å². The molecule has 0 unspecified atom stereocenters. The number of methoxy groups -OCH3 is 4. The first-order valence-electron chi connectivity index (χ1n) is 7.62. The first kappa shape index (κ1) is 20.3. The summed E-state index contributed by atoms with van der Waals surface area (Å²) < 4.78 is 45.4. The van der Waals surface area contributed by atoms with Gasteiger partial charge in [0, 0.05) is 17.7 Å². The number of benzene rings is 2. The number of rotatable bonds is 8. The standard InChI is InChI=1S/C17H20N2O7S/c1-23-12-5-6-15(26-4)16(10-12)27(21,22)19-18-17(20)11-7-13(24-2)9-14(8-11)25-3/h5-10,19H,1-4H3,(H,18,20). The van der Waals surface area contributed by atoms with Gasteiger partial charge in [0.1, 0.15) is 27.9 Å². The van der Waals surface area contributed by atoms with Crippen molar-refractivity contribution in [2.45, 2.75) is 4.90 Å². The molecule has 0 aliphatic heterocycles. The Morgan fingerprint density at radius 2 is 1.41 bits per heavy atom. The predicted molar refractivity (Wildman–Crippen MR) is 96.9 cm³/mol. The van der Waals surface area contributed by atoms with Crippen LogP contribution >= 0.6 is 0 Å². The van der Waals surface area contributed by atoms with E-state index in [4.69, 9.17) is 18.9 Å². The van der Waals surface area contributed by atoms with Gasteiger partial charge < -0.3 is 18.9 Å². The molecule has 9 nitrogen and oxygen atoms in total. The lowest BCUT2D eigenvalue weighted by Crippen LogP contribution is -2.41. The second-order valence-electron chi connectivity index (χ2n) is 5.18. The highest BCUT2D eigenvalue weighted by Gasteiger charge is 2.22. The van der Waals surface area contributed by atoms with E-state index in [0.717, 1.165) is 0 Å². The first-order chi connectivity index (χ1) is 12.8. The fraction of sp³-hybridized carbons (Fsp3) is 0.235. The van der Waals surface area contributed by atoms with Gasteiger partial charge in [0.2, 0.25) is 0 Å². The lowest BCUT2D eigenvalue weighted by atomic mass is 10.2. The van der Waals surface area contributed by atoms with Crippen molar-refractivity contribution in [3.05, 3.63) is 42.0 Å². The van der Waals surface area contributed by atoms with E-state index in [0.29, 0.717) is 17.2 Å². The lowest BCUT2D eigenvalue weighted by Gasteiger charge is -2.13. The van der Waals surface area contributed by atoms with Crippen molar-refractivity contribution in [3.8, 4) is 23.0 Å². The predicted octanol–water partition coefficient (Wildman–Crippen LogP) is 1.34. The van der Waals surface area contributed by atoms with Gasteiger partial charge in [0.15, 0.2) is 0 Å². The SMILES string of the molecule is COc1cc(OC)cc(C(=O)NNS(=O)(=O)c2cc(OC)ccc2OC)c1. The van der Waals surface area contributed by atoms with Crippen LogP contribution in [0.4, 0.5) is 0 Å². The second kappa shape index (κ2) is 8.60. The van der Waals surface area contributed by atoms with Gasteiger partial charge in [-0.15, -0.1) is 4.83 Å². The van der Waals surface area contributed by atoms with Gasteiger partial charge in [-0.1, -0.05) is 0 Å². The number of carbonyl (C=O) groups is 1. The average molecular weight is 396 g/mol. The van der Waals surface area contributed by atoms with Crippen LogP contribution < -0.4 is 29.2 Å². The van der Waals surface area contributed by atoms with Crippen LogP contribution in [0.3, 0.4) is 0 Å². The van der Waals surface area contributed by atoms with Crippen LogP contribution in [0.1, 0.15) is 10.4 Å². The van der Waals surface area contributed by atoms with Gasteiger partial charge in [-0.25, -0.2) is 8.42 Å². The van der Waals surface area contributed by atoms with E-state index in [9.17, 15) is 13.2 Å². The third-order valence-corrected chi connectivity index (χ3v) is 4.84. The van der Waals surface area contributed by atoms with Gasteiger partial charge >= 0.3 is 0 Å². The zero-order valence-corrected chi connectivity index (χ0v) is 16.0. The van der Waals surface area contributed by atoms with E-state index in [1.54, 1.807) is 12.1 Å². The van der Waals surface area contributed by atoms with Crippen molar-refractivity contribution in [1.82, 2.24) is 10.3 Å².